The van der Waals surface area contributed by atoms with E-state index in [-0.39, 0.29) is 0 Å². The minimum Gasteiger partial charge on any atom is -0.415 e. The Bertz CT molecular complexity index is 431. The maximum atomic E-state index is 6.90. The summed E-state index contributed by atoms with van der Waals surface area (Å²) in [5.74, 6) is 0. The third kappa shape index (κ3) is 13.7. The summed E-state index contributed by atoms with van der Waals surface area (Å²) in [5.41, 5.74) is 0. The van der Waals surface area contributed by atoms with Crippen molar-refractivity contribution in [3.8, 4) is 0 Å². The van der Waals surface area contributed by atoms with Crippen LogP contribution in [0.4, 0.5) is 0 Å². The third-order valence-corrected chi connectivity index (χ3v) is 17.9. The highest BCUT2D eigenvalue weighted by atomic mass is 28.5. The molecule has 0 rings (SSSR count). The van der Waals surface area contributed by atoms with Gasteiger partial charge in [-0.05, 0) is 119 Å². The van der Waals surface area contributed by atoms with Gasteiger partial charge in [0.2, 0.25) is 0 Å². The minimum atomic E-state index is -2.46. The summed E-state index contributed by atoms with van der Waals surface area (Å²) in [6.45, 7) is 9.75. The van der Waals surface area contributed by atoms with E-state index >= 15 is 0 Å². The molecule has 2 atom stereocenters. The monoisotopic (exact) mass is 481 g/mol. The van der Waals surface area contributed by atoms with E-state index in [4.69, 9.17) is 17.1 Å². The van der Waals surface area contributed by atoms with E-state index in [0.717, 1.165) is 57.0 Å². The van der Waals surface area contributed by atoms with Crippen LogP contribution in [-0.4, -0.2) is 117 Å². The van der Waals surface area contributed by atoms with Gasteiger partial charge in [0.15, 0.2) is 0 Å². The Morgan fingerprint density at radius 3 is 1.00 bits per heavy atom. The summed E-state index contributed by atoms with van der Waals surface area (Å²) in [5, 5.41) is 0. The van der Waals surface area contributed by atoms with Gasteiger partial charge in [0.25, 0.3) is 0 Å². The van der Waals surface area contributed by atoms with Crippen molar-refractivity contribution in [1.29, 1.82) is 0 Å². The zero-order valence-electron chi connectivity index (χ0n) is 21.8. The Kier molecular flexibility index (Phi) is 14.7. The Labute approximate surface area is 190 Å². The van der Waals surface area contributed by atoms with E-state index in [9.17, 15) is 0 Å². The molecule has 0 amide bonds. The zero-order chi connectivity index (χ0) is 23.4. The van der Waals surface area contributed by atoms with Crippen molar-refractivity contribution in [2.75, 3.05) is 76.1 Å². The Hall–Kier alpha value is 0.371. The SMILES string of the molecule is CO[Si](C)(CCCN(C)C)O[Si](C)(CCCN(C)C)O[Si](C)(CCCN(C)C)OC. The van der Waals surface area contributed by atoms with Crippen LogP contribution in [0.1, 0.15) is 19.3 Å². The second-order valence-electron chi connectivity index (χ2n) is 9.73. The van der Waals surface area contributed by atoms with E-state index < -0.39 is 25.7 Å². The first kappa shape index (κ1) is 30.4. The lowest BCUT2D eigenvalue weighted by atomic mass is 10.5. The molecule has 182 valence electrons. The van der Waals surface area contributed by atoms with Crippen molar-refractivity contribution in [2.24, 2.45) is 0 Å². The first-order valence-corrected chi connectivity index (χ1v) is 18.8. The topological polar surface area (TPSA) is 46.6 Å². The number of hydrogen-bond acceptors (Lipinski definition) is 7. The highest BCUT2D eigenvalue weighted by Crippen LogP contribution is 2.30. The Morgan fingerprint density at radius 1 is 0.500 bits per heavy atom. The number of rotatable bonds is 18. The average molecular weight is 482 g/mol. The van der Waals surface area contributed by atoms with Gasteiger partial charge in [-0.1, -0.05) is 0 Å². The van der Waals surface area contributed by atoms with Gasteiger partial charge in [-0.2, -0.15) is 0 Å². The second kappa shape index (κ2) is 14.5. The summed E-state index contributed by atoms with van der Waals surface area (Å²) < 4.78 is 25.8. The molecule has 7 nitrogen and oxygen atoms in total. The maximum absolute atomic E-state index is 6.90. The van der Waals surface area contributed by atoms with Crippen molar-refractivity contribution in [2.45, 2.75) is 57.0 Å². The van der Waals surface area contributed by atoms with Crippen LogP contribution in [0.15, 0.2) is 0 Å². The molecule has 0 spiro atoms. The Balaban J connectivity index is 5.36. The van der Waals surface area contributed by atoms with E-state index in [0.29, 0.717) is 0 Å². The fraction of sp³-hybridized carbons (Fsp3) is 1.00. The second-order valence-corrected chi connectivity index (χ2v) is 20.5. The standard InChI is InChI=1S/C20H51N3O4Si3/c1-21(2)15-12-18-28(9,24-7)26-30(11,20-14-17-23(5)6)27-29(10,25-8)19-13-16-22(3)4/h12-20H2,1-11H3. The zero-order valence-corrected chi connectivity index (χ0v) is 24.8. The normalized spacial score (nSPS) is 18.6. The van der Waals surface area contributed by atoms with Gasteiger partial charge in [-0.3, -0.25) is 0 Å². The maximum Gasteiger partial charge on any atom is 0.325 e. The van der Waals surface area contributed by atoms with Crippen LogP contribution in [-0.2, 0) is 17.1 Å². The highest BCUT2D eigenvalue weighted by molar-refractivity contribution is 6.85. The summed E-state index contributed by atoms with van der Waals surface area (Å²) in [4.78, 5) is 6.66. The summed E-state index contributed by atoms with van der Waals surface area (Å²) in [6.07, 6.45) is 3.22. The average Bonchev–Trinajstić information content (AvgIpc) is 2.60. The van der Waals surface area contributed by atoms with Gasteiger partial charge in [-0.15, -0.1) is 0 Å². The molecule has 10 heteroatoms. The van der Waals surface area contributed by atoms with E-state index in [1.54, 1.807) is 14.2 Å². The molecule has 0 fully saturated rings. The van der Waals surface area contributed by atoms with Crippen molar-refractivity contribution in [3.63, 3.8) is 0 Å². The van der Waals surface area contributed by atoms with Gasteiger partial charge in [0, 0.05) is 14.2 Å². The van der Waals surface area contributed by atoms with Crippen LogP contribution in [0.3, 0.4) is 0 Å². The van der Waals surface area contributed by atoms with E-state index in [1.165, 1.54) is 0 Å². The fourth-order valence-electron chi connectivity index (χ4n) is 3.58. The highest BCUT2D eigenvalue weighted by Gasteiger charge is 2.47. The first-order chi connectivity index (χ1) is 13.8. The molecule has 30 heavy (non-hydrogen) atoms. The predicted molar refractivity (Wildman–Crippen MR) is 135 cm³/mol. The molecule has 0 aromatic rings. The fourth-order valence-corrected chi connectivity index (χ4v) is 16.5. The summed E-state index contributed by atoms with van der Waals surface area (Å²) in [6, 6.07) is 2.92. The van der Waals surface area contributed by atoms with Crippen molar-refractivity contribution >= 4 is 25.7 Å². The van der Waals surface area contributed by atoms with Gasteiger partial charge in [-0.25, -0.2) is 0 Å². The molecule has 0 aromatic carbocycles. The lowest BCUT2D eigenvalue weighted by Gasteiger charge is -2.41. The lowest BCUT2D eigenvalue weighted by Crippen LogP contribution is -2.57. The molecule has 0 bridgehead atoms. The molecule has 0 heterocycles. The smallest absolute Gasteiger partial charge is 0.325 e. The lowest BCUT2D eigenvalue weighted by molar-refractivity contribution is 0.231. The third-order valence-electron chi connectivity index (χ3n) is 5.44. The molecule has 0 aliphatic rings. The van der Waals surface area contributed by atoms with Gasteiger partial charge < -0.3 is 31.8 Å². The van der Waals surface area contributed by atoms with Crippen LogP contribution in [0.25, 0.3) is 0 Å². The van der Waals surface area contributed by atoms with Gasteiger partial charge in [0.1, 0.15) is 0 Å². The molecule has 2 unspecified atom stereocenters. The summed E-state index contributed by atoms with van der Waals surface area (Å²) >= 11 is 0. The van der Waals surface area contributed by atoms with Gasteiger partial charge in [0.05, 0.1) is 0 Å². The molecule has 0 N–H and O–H groups in total. The van der Waals surface area contributed by atoms with Gasteiger partial charge >= 0.3 is 25.7 Å². The minimum absolute atomic E-state index is 0.963. The van der Waals surface area contributed by atoms with Crippen molar-refractivity contribution < 1.29 is 17.1 Å². The molecule has 0 saturated carbocycles. The molecule has 0 radical (unpaired) electrons. The van der Waals surface area contributed by atoms with E-state index in [2.05, 4.69) is 76.6 Å². The molecular formula is C20H51N3O4Si3. The number of nitrogens with zero attached hydrogens (tertiary/aromatic N) is 3. The van der Waals surface area contributed by atoms with Crippen LogP contribution < -0.4 is 0 Å². The number of hydrogen-bond donors (Lipinski definition) is 0. The Morgan fingerprint density at radius 2 is 0.767 bits per heavy atom. The molecular weight excluding hydrogens is 430 g/mol. The predicted octanol–water partition coefficient (Wildman–Crippen LogP) is 3.38. The van der Waals surface area contributed by atoms with Crippen LogP contribution in [0.5, 0.6) is 0 Å². The van der Waals surface area contributed by atoms with Crippen LogP contribution in [0, 0.1) is 0 Å². The van der Waals surface area contributed by atoms with E-state index in [1.807, 2.05) is 0 Å². The molecule has 0 aliphatic carbocycles. The largest absolute Gasteiger partial charge is 0.415 e. The molecule has 0 aliphatic heterocycles. The van der Waals surface area contributed by atoms with Crippen molar-refractivity contribution in [3.05, 3.63) is 0 Å². The first-order valence-electron chi connectivity index (χ1n) is 11.2. The molecule has 0 aromatic heterocycles. The summed E-state index contributed by atoms with van der Waals surface area (Å²) in [7, 11) is 9.20. The van der Waals surface area contributed by atoms with Crippen LogP contribution >= 0.6 is 0 Å². The van der Waals surface area contributed by atoms with Crippen molar-refractivity contribution in [1.82, 2.24) is 14.7 Å². The quantitative estimate of drug-likeness (QED) is 0.278. The van der Waals surface area contributed by atoms with Crippen LogP contribution in [0.2, 0.25) is 37.8 Å². The molecule has 0 saturated heterocycles.